The zero-order chi connectivity index (χ0) is 34.9. The number of Topliss-reactive ketones (excluding diaryl/α,β-unsaturated/α-hetero) is 1. The Morgan fingerprint density at radius 1 is 0.851 bits per heavy atom. The number of carbonyl (C=O) groups is 6. The van der Waals surface area contributed by atoms with E-state index in [2.05, 4.69) is 42.5 Å². The number of hydrogen-bond donors (Lipinski definition) is 5. The molecule has 1 heterocycles. The number of terminal acetylenes is 1. The van der Waals surface area contributed by atoms with Gasteiger partial charge in [-0.15, -0.1) is 6.42 Å². The molecule has 1 aromatic rings. The van der Waals surface area contributed by atoms with Crippen LogP contribution in [0.2, 0.25) is 0 Å². The largest absolute Gasteiger partial charge is 0.344 e. The lowest BCUT2D eigenvalue weighted by Gasteiger charge is -2.31. The maximum atomic E-state index is 13.9. The number of aromatic nitrogens is 2. The molecular weight excluding hydrogens is 602 g/mol. The van der Waals surface area contributed by atoms with Crippen molar-refractivity contribution in [2.45, 2.75) is 117 Å². The van der Waals surface area contributed by atoms with E-state index >= 15 is 0 Å². The van der Waals surface area contributed by atoms with Crippen molar-refractivity contribution in [3.63, 3.8) is 0 Å². The highest BCUT2D eigenvalue weighted by Crippen LogP contribution is 2.27. The second-order valence-electron chi connectivity index (χ2n) is 12.6. The smallest absolute Gasteiger partial charge is 0.290 e. The Kier molecular flexibility index (Phi) is 16.5. The van der Waals surface area contributed by atoms with Gasteiger partial charge in [-0.05, 0) is 37.0 Å². The molecule has 0 bridgehead atoms. The third kappa shape index (κ3) is 12.8. The molecule has 0 unspecified atom stereocenters. The monoisotopic (exact) mass is 653 g/mol. The van der Waals surface area contributed by atoms with Crippen LogP contribution in [0.3, 0.4) is 0 Å². The minimum atomic E-state index is -1.11. The SMILES string of the molecule is C#CCNC(=O)C(=O)[C@H](CC)NC(=O)[C@H](CC1CCCCC1)NC(=O)[C@@H](NC(=O)[C@H](CC(C)C)NC(=O)c1cnccn1)[C@H](C)CC. The molecule has 0 spiro atoms. The number of amides is 5. The Morgan fingerprint density at radius 2 is 1.51 bits per heavy atom. The molecule has 0 aromatic carbocycles. The van der Waals surface area contributed by atoms with Crippen LogP contribution >= 0.6 is 0 Å². The number of carbonyl (C=O) groups excluding carboxylic acids is 6. The highest BCUT2D eigenvalue weighted by molar-refractivity contribution is 6.38. The molecule has 5 amide bonds. The Labute approximate surface area is 278 Å². The molecule has 13 nitrogen and oxygen atoms in total. The number of hydrogen-bond acceptors (Lipinski definition) is 8. The molecule has 0 radical (unpaired) electrons. The summed E-state index contributed by atoms with van der Waals surface area (Å²) in [5.41, 5.74) is 0.0548. The molecular formula is C34H51N7O6. The van der Waals surface area contributed by atoms with Gasteiger partial charge in [0.05, 0.1) is 18.8 Å². The normalized spacial score (nSPS) is 16.4. The fourth-order valence-electron chi connectivity index (χ4n) is 5.56. The van der Waals surface area contributed by atoms with E-state index in [1.807, 2.05) is 27.7 Å². The van der Waals surface area contributed by atoms with Gasteiger partial charge in [0.15, 0.2) is 0 Å². The van der Waals surface area contributed by atoms with E-state index in [9.17, 15) is 28.8 Å². The average molecular weight is 654 g/mol. The Balaban J connectivity index is 2.27. The van der Waals surface area contributed by atoms with Gasteiger partial charge in [0.2, 0.25) is 23.5 Å². The Hall–Kier alpha value is -4.34. The molecule has 0 saturated heterocycles. The lowest BCUT2D eigenvalue weighted by Crippen LogP contribution is -2.60. The van der Waals surface area contributed by atoms with Crippen molar-refractivity contribution in [1.82, 2.24) is 36.6 Å². The Morgan fingerprint density at radius 3 is 2.09 bits per heavy atom. The summed E-state index contributed by atoms with van der Waals surface area (Å²) in [7, 11) is 0. The summed E-state index contributed by atoms with van der Waals surface area (Å²) >= 11 is 0. The van der Waals surface area contributed by atoms with Crippen molar-refractivity contribution in [3.8, 4) is 12.3 Å². The molecule has 5 N–H and O–H groups in total. The summed E-state index contributed by atoms with van der Waals surface area (Å²) in [5.74, 6) is -1.86. The lowest BCUT2D eigenvalue weighted by molar-refractivity contribution is -0.140. The maximum absolute atomic E-state index is 13.9. The highest BCUT2D eigenvalue weighted by atomic mass is 16.2. The van der Waals surface area contributed by atoms with E-state index in [4.69, 9.17) is 6.42 Å². The first-order chi connectivity index (χ1) is 22.4. The van der Waals surface area contributed by atoms with Gasteiger partial charge < -0.3 is 26.6 Å². The van der Waals surface area contributed by atoms with E-state index in [-0.39, 0.29) is 36.4 Å². The summed E-state index contributed by atoms with van der Waals surface area (Å²) in [6.07, 6.45) is 15.6. The van der Waals surface area contributed by atoms with Crippen molar-refractivity contribution in [1.29, 1.82) is 0 Å². The van der Waals surface area contributed by atoms with Crippen LogP contribution < -0.4 is 26.6 Å². The van der Waals surface area contributed by atoms with E-state index in [0.29, 0.717) is 19.3 Å². The number of rotatable bonds is 18. The second kappa shape index (κ2) is 20.0. The fraction of sp³-hybridized carbons (Fsp3) is 0.647. The zero-order valence-corrected chi connectivity index (χ0v) is 28.3. The summed E-state index contributed by atoms with van der Waals surface area (Å²) in [4.78, 5) is 86.9. The summed E-state index contributed by atoms with van der Waals surface area (Å²) in [6, 6.07) is -4.09. The predicted octanol–water partition coefficient (Wildman–Crippen LogP) is 1.82. The predicted molar refractivity (Wildman–Crippen MR) is 176 cm³/mol. The van der Waals surface area contributed by atoms with Crippen LogP contribution in [0.1, 0.15) is 103 Å². The molecule has 5 atom stereocenters. The second-order valence-corrected chi connectivity index (χ2v) is 12.6. The molecule has 2 rings (SSSR count). The average Bonchev–Trinajstić information content (AvgIpc) is 3.07. The van der Waals surface area contributed by atoms with Gasteiger partial charge in [0, 0.05) is 12.4 Å². The van der Waals surface area contributed by atoms with Crippen molar-refractivity contribution in [2.75, 3.05) is 6.54 Å². The van der Waals surface area contributed by atoms with Crippen LogP contribution in [-0.2, 0) is 24.0 Å². The minimum Gasteiger partial charge on any atom is -0.344 e. The topological polar surface area (TPSA) is 188 Å². The molecule has 1 saturated carbocycles. The number of ketones is 1. The molecule has 1 aliphatic carbocycles. The molecule has 258 valence electrons. The molecule has 1 aliphatic rings. The summed E-state index contributed by atoms with van der Waals surface area (Å²) < 4.78 is 0. The van der Waals surface area contributed by atoms with Crippen LogP contribution in [0.15, 0.2) is 18.6 Å². The van der Waals surface area contributed by atoms with Crippen molar-refractivity contribution in [2.24, 2.45) is 17.8 Å². The van der Waals surface area contributed by atoms with Gasteiger partial charge in [0.25, 0.3) is 11.8 Å². The third-order valence-electron chi connectivity index (χ3n) is 8.46. The minimum absolute atomic E-state index is 0.0372. The number of nitrogens with zero attached hydrogens (tertiary/aromatic N) is 2. The summed E-state index contributed by atoms with van der Waals surface area (Å²) in [5, 5.41) is 13.4. The van der Waals surface area contributed by atoms with Gasteiger partial charge in [-0.2, -0.15) is 0 Å². The quantitative estimate of drug-likeness (QED) is 0.117. The standard InChI is InChI=1S/C34H51N7O6/c1-7-15-37-34(47)29(42)24(9-3)38-30(43)26(19-23-13-11-10-12-14-23)40-33(46)28(22(6)8-2)41-31(44)25(18-21(4)5)39-32(45)27-20-35-16-17-36-27/h1,16-17,20-26,28H,8-15,18-19H2,2-6H3,(H,37,47)(H,38,43)(H,39,45)(H,40,46)(H,41,44)/t22-,24+,25+,26+,28+/m1/s1. The van der Waals surface area contributed by atoms with E-state index in [1.165, 1.54) is 18.6 Å². The van der Waals surface area contributed by atoms with E-state index in [0.717, 1.165) is 32.1 Å². The van der Waals surface area contributed by atoms with Gasteiger partial charge in [-0.3, -0.25) is 33.8 Å². The molecule has 1 fully saturated rings. The Bertz CT molecular complexity index is 1260. The van der Waals surface area contributed by atoms with Crippen molar-refractivity contribution in [3.05, 3.63) is 24.3 Å². The fourth-order valence-corrected chi connectivity index (χ4v) is 5.56. The lowest BCUT2D eigenvalue weighted by atomic mass is 9.84. The van der Waals surface area contributed by atoms with Crippen LogP contribution in [0.4, 0.5) is 0 Å². The highest BCUT2D eigenvalue weighted by Gasteiger charge is 2.35. The van der Waals surface area contributed by atoms with Crippen molar-refractivity contribution < 1.29 is 28.8 Å². The van der Waals surface area contributed by atoms with E-state index < -0.39 is 59.5 Å². The first-order valence-corrected chi connectivity index (χ1v) is 16.6. The first kappa shape index (κ1) is 38.8. The van der Waals surface area contributed by atoms with Crippen molar-refractivity contribution >= 4 is 35.3 Å². The van der Waals surface area contributed by atoms with Gasteiger partial charge in [0.1, 0.15) is 23.8 Å². The molecule has 1 aromatic heterocycles. The van der Waals surface area contributed by atoms with Crippen LogP contribution in [0.5, 0.6) is 0 Å². The number of nitrogens with one attached hydrogen (secondary N) is 5. The van der Waals surface area contributed by atoms with Crippen LogP contribution in [-0.4, -0.2) is 76.0 Å². The van der Waals surface area contributed by atoms with E-state index in [1.54, 1.807) is 6.92 Å². The molecule has 13 heteroatoms. The van der Waals surface area contributed by atoms with Crippen LogP contribution in [0.25, 0.3) is 0 Å². The van der Waals surface area contributed by atoms with Gasteiger partial charge in [-0.25, -0.2) is 4.98 Å². The van der Waals surface area contributed by atoms with Crippen LogP contribution in [0, 0.1) is 30.1 Å². The maximum Gasteiger partial charge on any atom is 0.290 e. The first-order valence-electron chi connectivity index (χ1n) is 16.6. The van der Waals surface area contributed by atoms with Gasteiger partial charge >= 0.3 is 0 Å². The summed E-state index contributed by atoms with van der Waals surface area (Å²) in [6.45, 7) is 9.06. The third-order valence-corrected chi connectivity index (χ3v) is 8.46. The van der Waals surface area contributed by atoms with Gasteiger partial charge in [-0.1, -0.05) is 79.1 Å². The zero-order valence-electron chi connectivity index (χ0n) is 28.3. The molecule has 47 heavy (non-hydrogen) atoms. The molecule has 0 aliphatic heterocycles.